The Morgan fingerprint density at radius 2 is 2.00 bits per heavy atom. The summed E-state index contributed by atoms with van der Waals surface area (Å²) in [5.41, 5.74) is 0. The minimum atomic E-state index is 0.639. The van der Waals surface area contributed by atoms with E-state index in [2.05, 4.69) is 28.3 Å². The van der Waals surface area contributed by atoms with Crippen molar-refractivity contribution in [1.82, 2.24) is 0 Å². The largest absolute Gasteiger partial charge is 0.147 e. The van der Waals surface area contributed by atoms with Crippen molar-refractivity contribution < 1.29 is 0 Å². The Labute approximate surface area is 72.7 Å². The molecule has 0 aromatic carbocycles. The third-order valence-electron chi connectivity index (χ3n) is 1.24. The molecule has 0 bridgehead atoms. The van der Waals surface area contributed by atoms with E-state index in [0.29, 0.717) is 4.58 Å². The summed E-state index contributed by atoms with van der Waals surface area (Å²) in [7, 11) is 0. The van der Waals surface area contributed by atoms with E-state index < -0.39 is 0 Å². The number of hydrogen-bond acceptors (Lipinski definition) is 3. The molecule has 0 saturated heterocycles. The summed E-state index contributed by atoms with van der Waals surface area (Å²) in [4.78, 5) is 1.47. The van der Waals surface area contributed by atoms with Crippen molar-refractivity contribution in [3.05, 3.63) is 33.2 Å². The van der Waals surface area contributed by atoms with Gasteiger partial charge in [-0.2, -0.15) is 0 Å². The van der Waals surface area contributed by atoms with Crippen molar-refractivity contribution in [3.8, 4) is 0 Å². The molecule has 2 rings (SSSR count). The van der Waals surface area contributed by atoms with E-state index in [0.717, 1.165) is 0 Å². The summed E-state index contributed by atoms with van der Waals surface area (Å²) in [6.45, 7) is 0. The molecule has 0 N–H and O–H groups in total. The van der Waals surface area contributed by atoms with Crippen LogP contribution in [0, 0.1) is 0 Å². The molecule has 0 fully saturated rings. The van der Waals surface area contributed by atoms with E-state index in [1.165, 1.54) is 4.88 Å². The van der Waals surface area contributed by atoms with Crippen LogP contribution in [-0.4, -0.2) is 0 Å². The Balaban J connectivity index is 2.14. The van der Waals surface area contributed by atoms with Crippen LogP contribution in [0.5, 0.6) is 0 Å². The molecule has 0 amide bonds. The summed E-state index contributed by atoms with van der Waals surface area (Å²) in [5, 5.41) is 6.46. The van der Waals surface area contributed by atoms with Gasteiger partial charge in [0.2, 0.25) is 0 Å². The first kappa shape index (κ1) is 6.83. The molecule has 3 heteroatoms. The van der Waals surface area contributed by atoms with Crippen LogP contribution in [0.4, 0.5) is 0 Å². The van der Waals surface area contributed by atoms with E-state index in [-0.39, 0.29) is 0 Å². The van der Waals surface area contributed by atoms with Crippen molar-refractivity contribution in [3.63, 3.8) is 0 Å². The second-order valence-electron chi connectivity index (χ2n) is 1.89. The zero-order chi connectivity index (χ0) is 6.81. The Morgan fingerprint density at radius 3 is 2.60 bits per heavy atom. The molecule has 1 aromatic rings. The fourth-order valence-electron chi connectivity index (χ4n) is 0.798. The fraction of sp³-hybridized carbons (Fsp3) is 0.143. The first-order valence-corrected chi connectivity index (χ1v) is 5.73. The lowest BCUT2D eigenvalue weighted by Crippen LogP contribution is -1.74. The Kier molecular flexibility index (Phi) is 2.07. The van der Waals surface area contributed by atoms with Gasteiger partial charge < -0.3 is 0 Å². The molecule has 0 nitrogen and oxygen atoms in total. The third-order valence-corrected chi connectivity index (χ3v) is 4.90. The van der Waals surface area contributed by atoms with Crippen LogP contribution in [0.2, 0.25) is 0 Å². The van der Waals surface area contributed by atoms with Crippen molar-refractivity contribution >= 4 is 34.9 Å². The van der Waals surface area contributed by atoms with Crippen LogP contribution in [0.15, 0.2) is 28.3 Å². The van der Waals surface area contributed by atoms with Gasteiger partial charge >= 0.3 is 0 Å². The minimum absolute atomic E-state index is 0.639. The average molecular weight is 186 g/mol. The van der Waals surface area contributed by atoms with Crippen molar-refractivity contribution in [2.75, 3.05) is 0 Å². The van der Waals surface area contributed by atoms with Gasteiger partial charge in [0.05, 0.1) is 4.58 Å². The molecule has 0 unspecified atom stereocenters. The molecule has 0 spiro atoms. The van der Waals surface area contributed by atoms with Crippen LogP contribution >= 0.6 is 34.9 Å². The quantitative estimate of drug-likeness (QED) is 0.656. The summed E-state index contributed by atoms with van der Waals surface area (Å²) >= 11 is 5.62. The van der Waals surface area contributed by atoms with Gasteiger partial charge in [0.1, 0.15) is 0 Å². The topological polar surface area (TPSA) is 0 Å². The van der Waals surface area contributed by atoms with Crippen LogP contribution < -0.4 is 0 Å². The standard InChI is InChI=1S/C7H6S3/c1-2-6(8-3-1)7-9-4-5-10-7/h1-5,7H. The van der Waals surface area contributed by atoms with E-state index in [1.54, 1.807) is 0 Å². The van der Waals surface area contributed by atoms with Gasteiger partial charge in [-0.25, -0.2) is 0 Å². The Bertz CT molecular complexity index is 217. The number of thioether (sulfide) groups is 2. The SMILES string of the molecule is C1=CSC(c2cccs2)S1. The normalized spacial score (nSPS) is 18.4. The van der Waals surface area contributed by atoms with Gasteiger partial charge in [-0.05, 0) is 22.3 Å². The fourth-order valence-corrected chi connectivity index (χ4v) is 3.91. The molecule has 0 radical (unpaired) electrons. The molecule has 10 heavy (non-hydrogen) atoms. The molecular weight excluding hydrogens is 180 g/mol. The monoisotopic (exact) mass is 186 g/mol. The Morgan fingerprint density at radius 1 is 1.20 bits per heavy atom. The van der Waals surface area contributed by atoms with Crippen LogP contribution in [0.25, 0.3) is 0 Å². The molecule has 0 saturated carbocycles. The number of hydrogen-bond donors (Lipinski definition) is 0. The highest BCUT2D eigenvalue weighted by Crippen LogP contribution is 2.47. The maximum absolute atomic E-state index is 2.20. The van der Waals surface area contributed by atoms with Crippen LogP contribution in [0.1, 0.15) is 9.46 Å². The molecule has 1 aliphatic rings. The molecule has 0 aliphatic carbocycles. The van der Waals surface area contributed by atoms with Gasteiger partial charge in [-0.3, -0.25) is 0 Å². The number of rotatable bonds is 1. The van der Waals surface area contributed by atoms with Gasteiger partial charge in [0.15, 0.2) is 0 Å². The minimum Gasteiger partial charge on any atom is -0.147 e. The van der Waals surface area contributed by atoms with Gasteiger partial charge in [-0.1, -0.05) is 6.07 Å². The van der Waals surface area contributed by atoms with Gasteiger partial charge in [0.25, 0.3) is 0 Å². The molecule has 2 heterocycles. The second-order valence-corrected chi connectivity index (χ2v) is 5.20. The van der Waals surface area contributed by atoms with Gasteiger partial charge in [-0.15, -0.1) is 34.9 Å². The smallest absolute Gasteiger partial charge is 0.0925 e. The first-order valence-electron chi connectivity index (χ1n) is 2.96. The van der Waals surface area contributed by atoms with Crippen molar-refractivity contribution in [1.29, 1.82) is 0 Å². The van der Waals surface area contributed by atoms with E-state index in [9.17, 15) is 0 Å². The Hall–Kier alpha value is 0.140. The molecule has 52 valence electrons. The number of thiophene rings is 1. The zero-order valence-electron chi connectivity index (χ0n) is 5.19. The summed E-state index contributed by atoms with van der Waals surface area (Å²) in [6, 6.07) is 4.31. The molecule has 1 aromatic heterocycles. The predicted molar refractivity (Wildman–Crippen MR) is 51.4 cm³/mol. The second kappa shape index (κ2) is 3.03. The van der Waals surface area contributed by atoms with Crippen molar-refractivity contribution in [2.45, 2.75) is 4.58 Å². The first-order chi connectivity index (χ1) is 4.97. The maximum atomic E-state index is 2.20. The lowest BCUT2D eigenvalue weighted by Gasteiger charge is -2.01. The van der Waals surface area contributed by atoms with Crippen LogP contribution in [0.3, 0.4) is 0 Å². The highest BCUT2D eigenvalue weighted by atomic mass is 32.2. The third kappa shape index (κ3) is 1.26. The predicted octanol–water partition coefficient (Wildman–Crippen LogP) is 3.70. The summed E-state index contributed by atoms with van der Waals surface area (Å²) < 4.78 is 0.639. The van der Waals surface area contributed by atoms with Crippen LogP contribution in [-0.2, 0) is 0 Å². The van der Waals surface area contributed by atoms with E-state index in [1.807, 2.05) is 34.9 Å². The molecule has 0 atom stereocenters. The highest BCUT2D eigenvalue weighted by molar-refractivity contribution is 8.21. The lowest BCUT2D eigenvalue weighted by molar-refractivity contribution is 1.52. The van der Waals surface area contributed by atoms with Crippen molar-refractivity contribution in [2.24, 2.45) is 0 Å². The summed E-state index contributed by atoms with van der Waals surface area (Å²) in [5.74, 6) is 0. The molecule has 1 aliphatic heterocycles. The lowest BCUT2D eigenvalue weighted by atomic mass is 10.5. The highest BCUT2D eigenvalue weighted by Gasteiger charge is 2.14. The van der Waals surface area contributed by atoms with E-state index >= 15 is 0 Å². The summed E-state index contributed by atoms with van der Waals surface area (Å²) in [6.07, 6.45) is 0. The van der Waals surface area contributed by atoms with Gasteiger partial charge in [0, 0.05) is 4.88 Å². The zero-order valence-corrected chi connectivity index (χ0v) is 7.64. The average Bonchev–Trinajstić information content (AvgIpc) is 2.59. The maximum Gasteiger partial charge on any atom is 0.0925 e. The molecular formula is C7H6S3. The van der Waals surface area contributed by atoms with E-state index in [4.69, 9.17) is 0 Å².